The van der Waals surface area contributed by atoms with Crippen LogP contribution in [0.4, 0.5) is 0 Å². The molecule has 2 N–H and O–H groups in total. The summed E-state index contributed by atoms with van der Waals surface area (Å²) < 4.78 is 0. The molecule has 2 aliphatic rings. The van der Waals surface area contributed by atoms with Gasteiger partial charge in [0.2, 0.25) is 0 Å². The largest absolute Gasteiger partial charge is 0.396 e. The molecule has 15 heavy (non-hydrogen) atoms. The van der Waals surface area contributed by atoms with Crippen LogP contribution in [-0.2, 0) is 0 Å². The van der Waals surface area contributed by atoms with Crippen LogP contribution in [0.25, 0.3) is 0 Å². The summed E-state index contributed by atoms with van der Waals surface area (Å²) in [5.41, 5.74) is 0.841. The first kappa shape index (κ1) is 11.4. The molecule has 2 heteroatoms. The van der Waals surface area contributed by atoms with Crippen molar-refractivity contribution in [1.82, 2.24) is 5.32 Å². The van der Waals surface area contributed by atoms with Gasteiger partial charge in [-0.25, -0.2) is 0 Å². The van der Waals surface area contributed by atoms with E-state index in [1.807, 2.05) is 0 Å². The number of hydrogen-bond acceptors (Lipinski definition) is 2. The minimum absolute atomic E-state index is 0.137. The van der Waals surface area contributed by atoms with E-state index in [4.69, 9.17) is 0 Å². The second-order valence-corrected chi connectivity index (χ2v) is 6.35. The molecule has 0 heterocycles. The van der Waals surface area contributed by atoms with Crippen molar-refractivity contribution in [1.29, 1.82) is 0 Å². The average molecular weight is 211 g/mol. The summed E-state index contributed by atoms with van der Waals surface area (Å²) in [6, 6.07) is 0. The lowest BCUT2D eigenvalue weighted by Crippen LogP contribution is -2.62. The van der Waals surface area contributed by atoms with Crippen molar-refractivity contribution in [3.8, 4) is 0 Å². The van der Waals surface area contributed by atoms with E-state index in [0.29, 0.717) is 17.4 Å². The van der Waals surface area contributed by atoms with Crippen LogP contribution in [0, 0.1) is 16.7 Å². The van der Waals surface area contributed by atoms with Gasteiger partial charge in [0, 0.05) is 12.1 Å². The molecular weight excluding hydrogens is 186 g/mol. The quantitative estimate of drug-likeness (QED) is 0.750. The van der Waals surface area contributed by atoms with Crippen LogP contribution in [0.15, 0.2) is 0 Å². The average Bonchev–Trinajstić information content (AvgIpc) is 2.63. The Labute approximate surface area is 93.5 Å². The van der Waals surface area contributed by atoms with E-state index in [1.165, 1.54) is 19.3 Å². The van der Waals surface area contributed by atoms with Crippen molar-refractivity contribution in [2.75, 3.05) is 13.7 Å². The molecule has 2 saturated carbocycles. The molecule has 88 valence electrons. The van der Waals surface area contributed by atoms with Gasteiger partial charge in [-0.05, 0) is 49.5 Å². The highest BCUT2D eigenvalue weighted by Crippen LogP contribution is 2.68. The lowest BCUT2D eigenvalue weighted by atomic mass is 9.57. The van der Waals surface area contributed by atoms with Crippen LogP contribution in [0.5, 0.6) is 0 Å². The van der Waals surface area contributed by atoms with Gasteiger partial charge < -0.3 is 10.4 Å². The van der Waals surface area contributed by atoms with Crippen molar-refractivity contribution in [2.45, 2.75) is 52.0 Å². The van der Waals surface area contributed by atoms with Gasteiger partial charge in [0.25, 0.3) is 0 Å². The molecule has 2 rings (SSSR count). The van der Waals surface area contributed by atoms with Gasteiger partial charge in [-0.1, -0.05) is 20.8 Å². The Morgan fingerprint density at radius 1 is 1.33 bits per heavy atom. The van der Waals surface area contributed by atoms with E-state index in [2.05, 4.69) is 33.1 Å². The third kappa shape index (κ3) is 1.13. The minimum Gasteiger partial charge on any atom is -0.396 e. The molecule has 2 fully saturated rings. The standard InChI is InChI=1S/C13H25NO/c1-11(2)10-5-6-12(3,9-10)13(11,14-4)7-8-15/h10,14-15H,5-9H2,1-4H3/t10-,12-,13+/m0/s1. The molecule has 0 amide bonds. The zero-order valence-electron chi connectivity index (χ0n) is 10.6. The topological polar surface area (TPSA) is 32.3 Å². The number of aliphatic hydroxyl groups excluding tert-OH is 1. The predicted molar refractivity (Wildman–Crippen MR) is 62.7 cm³/mol. The summed E-state index contributed by atoms with van der Waals surface area (Å²) in [6.45, 7) is 7.48. The van der Waals surface area contributed by atoms with Gasteiger partial charge >= 0.3 is 0 Å². The second-order valence-electron chi connectivity index (χ2n) is 6.35. The molecule has 0 aromatic heterocycles. The number of nitrogens with one attached hydrogen (secondary N) is 1. The molecule has 2 aliphatic carbocycles. The monoisotopic (exact) mass is 211 g/mol. The number of rotatable bonds is 3. The maximum Gasteiger partial charge on any atom is 0.0449 e. The summed E-state index contributed by atoms with van der Waals surface area (Å²) in [4.78, 5) is 0. The normalized spacial score (nSPS) is 47.4. The van der Waals surface area contributed by atoms with Crippen LogP contribution < -0.4 is 5.32 Å². The number of hydrogen-bond donors (Lipinski definition) is 2. The van der Waals surface area contributed by atoms with Crippen molar-refractivity contribution in [2.24, 2.45) is 16.7 Å². The van der Waals surface area contributed by atoms with Gasteiger partial charge in [0.1, 0.15) is 0 Å². The molecule has 2 bridgehead atoms. The summed E-state index contributed by atoms with van der Waals surface area (Å²) in [5.74, 6) is 0.835. The number of aliphatic hydroxyl groups is 1. The second kappa shape index (κ2) is 3.21. The SMILES string of the molecule is CN[C@]1(CCO)C(C)(C)[C@H]2CC[C@@]1(C)C2. The first-order chi connectivity index (χ1) is 6.93. The molecule has 2 nitrogen and oxygen atoms in total. The fraction of sp³-hybridized carbons (Fsp3) is 1.00. The Morgan fingerprint density at radius 3 is 2.40 bits per heavy atom. The zero-order chi connectivity index (χ0) is 11.3. The molecule has 0 aliphatic heterocycles. The molecular formula is C13H25NO. The lowest BCUT2D eigenvalue weighted by molar-refractivity contribution is -0.00817. The van der Waals surface area contributed by atoms with Crippen LogP contribution in [0.1, 0.15) is 46.5 Å². The third-order valence-corrected chi connectivity index (χ3v) is 5.81. The Hall–Kier alpha value is -0.0800. The fourth-order valence-corrected chi connectivity index (χ4v) is 4.91. The fourth-order valence-electron chi connectivity index (χ4n) is 4.91. The van der Waals surface area contributed by atoms with Crippen LogP contribution in [0.3, 0.4) is 0 Å². The van der Waals surface area contributed by atoms with E-state index in [0.717, 1.165) is 12.3 Å². The van der Waals surface area contributed by atoms with E-state index in [-0.39, 0.29) is 5.54 Å². The molecule has 0 spiro atoms. The third-order valence-electron chi connectivity index (χ3n) is 5.81. The van der Waals surface area contributed by atoms with Crippen LogP contribution >= 0.6 is 0 Å². The molecule has 0 saturated heterocycles. The minimum atomic E-state index is 0.137. The number of fused-ring (bicyclic) bond motifs is 2. The first-order valence-electron chi connectivity index (χ1n) is 6.23. The lowest BCUT2D eigenvalue weighted by Gasteiger charge is -2.54. The van der Waals surface area contributed by atoms with Gasteiger partial charge in [-0.2, -0.15) is 0 Å². The van der Waals surface area contributed by atoms with E-state index < -0.39 is 0 Å². The Balaban J connectivity index is 2.43. The summed E-state index contributed by atoms with van der Waals surface area (Å²) in [6.07, 6.45) is 4.92. The molecule has 0 unspecified atom stereocenters. The Morgan fingerprint density at radius 2 is 2.00 bits per heavy atom. The smallest absolute Gasteiger partial charge is 0.0449 e. The predicted octanol–water partition coefficient (Wildman–Crippen LogP) is 2.17. The summed E-state index contributed by atoms with van der Waals surface area (Å²) in [7, 11) is 2.07. The Kier molecular flexibility index (Phi) is 2.44. The van der Waals surface area contributed by atoms with Crippen molar-refractivity contribution in [3.05, 3.63) is 0 Å². The van der Waals surface area contributed by atoms with Crippen molar-refractivity contribution >= 4 is 0 Å². The highest BCUT2D eigenvalue weighted by molar-refractivity contribution is 5.21. The summed E-state index contributed by atoms with van der Waals surface area (Å²) >= 11 is 0. The maximum absolute atomic E-state index is 9.36. The van der Waals surface area contributed by atoms with Gasteiger partial charge in [-0.3, -0.25) is 0 Å². The highest BCUT2D eigenvalue weighted by Gasteiger charge is 2.67. The molecule has 0 aromatic carbocycles. The van der Waals surface area contributed by atoms with Gasteiger partial charge in [0.15, 0.2) is 0 Å². The first-order valence-corrected chi connectivity index (χ1v) is 6.23. The van der Waals surface area contributed by atoms with Gasteiger partial charge in [-0.15, -0.1) is 0 Å². The maximum atomic E-state index is 9.36. The van der Waals surface area contributed by atoms with Crippen LogP contribution in [0.2, 0.25) is 0 Å². The van der Waals surface area contributed by atoms with E-state index in [9.17, 15) is 5.11 Å². The van der Waals surface area contributed by atoms with Gasteiger partial charge in [0.05, 0.1) is 0 Å². The molecule has 0 radical (unpaired) electrons. The Bertz CT molecular complexity index is 257. The van der Waals surface area contributed by atoms with Crippen molar-refractivity contribution < 1.29 is 5.11 Å². The zero-order valence-corrected chi connectivity index (χ0v) is 10.6. The van der Waals surface area contributed by atoms with Crippen LogP contribution in [-0.4, -0.2) is 24.3 Å². The van der Waals surface area contributed by atoms with Crippen molar-refractivity contribution in [3.63, 3.8) is 0 Å². The summed E-state index contributed by atoms with van der Waals surface area (Å²) in [5, 5.41) is 12.9. The molecule has 3 atom stereocenters. The van der Waals surface area contributed by atoms with E-state index >= 15 is 0 Å². The highest BCUT2D eigenvalue weighted by atomic mass is 16.3. The molecule has 0 aromatic rings. The van der Waals surface area contributed by atoms with E-state index in [1.54, 1.807) is 0 Å².